The molecule has 0 saturated heterocycles. The smallest absolute Gasteiger partial charge is 0.127 e. The zero-order valence-corrected chi connectivity index (χ0v) is 17.9. The van der Waals surface area contributed by atoms with Crippen LogP contribution >= 0.6 is 31.9 Å². The molecule has 0 aromatic heterocycles. The van der Waals surface area contributed by atoms with Crippen molar-refractivity contribution >= 4 is 43.5 Å². The Morgan fingerprint density at radius 2 is 1.63 bits per heavy atom. The molecule has 0 amide bonds. The number of hydrogen-bond acceptors (Lipinski definition) is 2. The van der Waals surface area contributed by atoms with Crippen LogP contribution in [0.2, 0.25) is 0 Å². The van der Waals surface area contributed by atoms with Gasteiger partial charge in [-0.2, -0.15) is 5.26 Å². The average molecular weight is 483 g/mol. The first kappa shape index (κ1) is 19.4. The lowest BCUT2D eigenvalue weighted by atomic mass is 10.0. The van der Waals surface area contributed by atoms with Gasteiger partial charge in [0.1, 0.15) is 12.4 Å². The molecule has 3 aromatic rings. The molecule has 0 atom stereocenters. The van der Waals surface area contributed by atoms with Crippen LogP contribution in [0, 0.1) is 18.3 Å². The van der Waals surface area contributed by atoms with Gasteiger partial charge in [0.25, 0.3) is 0 Å². The predicted octanol–water partition coefficient (Wildman–Crippen LogP) is 7.16. The van der Waals surface area contributed by atoms with Crippen molar-refractivity contribution in [2.24, 2.45) is 0 Å². The van der Waals surface area contributed by atoms with Crippen LogP contribution in [0.1, 0.15) is 22.3 Å². The van der Waals surface area contributed by atoms with Crippen LogP contribution in [0.15, 0.2) is 75.7 Å². The molecule has 0 heterocycles. The minimum Gasteiger partial charge on any atom is -0.488 e. The van der Waals surface area contributed by atoms with Gasteiger partial charge in [-0.25, -0.2) is 0 Å². The third kappa shape index (κ3) is 5.32. The first-order valence-electron chi connectivity index (χ1n) is 8.41. The zero-order chi connectivity index (χ0) is 19.2. The van der Waals surface area contributed by atoms with Crippen LogP contribution in [0.5, 0.6) is 5.75 Å². The summed E-state index contributed by atoms with van der Waals surface area (Å²) in [6.07, 6.45) is 1.86. The van der Waals surface area contributed by atoms with Gasteiger partial charge in [0, 0.05) is 14.5 Å². The van der Waals surface area contributed by atoms with Gasteiger partial charge in [-0.15, -0.1) is 0 Å². The number of benzene rings is 3. The minimum atomic E-state index is 0.475. The fraction of sp³-hybridized carbons (Fsp3) is 0.0870. The number of ether oxygens (including phenoxy) is 1. The molecule has 0 N–H and O–H groups in total. The number of nitrogens with zero attached hydrogens (tertiary/aromatic N) is 1. The molecular formula is C23H17Br2NO. The number of rotatable bonds is 5. The highest BCUT2D eigenvalue weighted by Gasteiger charge is 2.07. The lowest BCUT2D eigenvalue weighted by Crippen LogP contribution is -1.97. The molecule has 0 fully saturated rings. The van der Waals surface area contributed by atoms with E-state index in [4.69, 9.17) is 4.74 Å². The van der Waals surface area contributed by atoms with Gasteiger partial charge >= 0.3 is 0 Å². The summed E-state index contributed by atoms with van der Waals surface area (Å²) in [5.74, 6) is 0.739. The van der Waals surface area contributed by atoms with E-state index in [1.54, 1.807) is 0 Å². The Bertz CT molecular complexity index is 1000. The zero-order valence-electron chi connectivity index (χ0n) is 14.7. The van der Waals surface area contributed by atoms with Crippen LogP contribution in [-0.2, 0) is 6.61 Å². The quantitative estimate of drug-likeness (QED) is 0.285. The van der Waals surface area contributed by atoms with Gasteiger partial charge in [-0.1, -0.05) is 73.8 Å². The summed E-state index contributed by atoms with van der Waals surface area (Å²) in [4.78, 5) is 0. The van der Waals surface area contributed by atoms with Crippen molar-refractivity contribution in [3.63, 3.8) is 0 Å². The standard InChI is InChI=1S/C23H17Br2NO/c1-16-2-4-17(5-3-16)15-27-23-11-10-22(25)13-19(23)12-20(14-26)18-6-8-21(24)9-7-18/h2-13H,15H2,1H3/b20-12+. The summed E-state index contributed by atoms with van der Waals surface area (Å²) in [6.45, 7) is 2.54. The van der Waals surface area contributed by atoms with Crippen LogP contribution < -0.4 is 4.74 Å². The highest BCUT2D eigenvalue weighted by molar-refractivity contribution is 9.10. The third-order valence-electron chi connectivity index (χ3n) is 4.06. The Balaban J connectivity index is 1.89. The minimum absolute atomic E-state index is 0.475. The molecule has 4 heteroatoms. The lowest BCUT2D eigenvalue weighted by Gasteiger charge is -2.11. The van der Waals surface area contributed by atoms with E-state index in [1.165, 1.54) is 5.56 Å². The highest BCUT2D eigenvalue weighted by atomic mass is 79.9. The third-order valence-corrected chi connectivity index (χ3v) is 5.08. The SMILES string of the molecule is Cc1ccc(COc2ccc(Br)cc2/C=C(\C#N)c2ccc(Br)cc2)cc1. The molecule has 0 bridgehead atoms. The second-order valence-corrected chi connectivity index (χ2v) is 7.96. The van der Waals surface area contributed by atoms with Gasteiger partial charge in [-0.3, -0.25) is 0 Å². The maximum Gasteiger partial charge on any atom is 0.127 e. The van der Waals surface area contributed by atoms with Crippen molar-refractivity contribution in [1.82, 2.24) is 0 Å². The van der Waals surface area contributed by atoms with Crippen molar-refractivity contribution in [1.29, 1.82) is 5.26 Å². The molecule has 0 aliphatic carbocycles. The maximum absolute atomic E-state index is 9.62. The van der Waals surface area contributed by atoms with E-state index in [0.717, 1.165) is 31.4 Å². The second-order valence-electron chi connectivity index (χ2n) is 6.13. The van der Waals surface area contributed by atoms with Crippen molar-refractivity contribution in [2.45, 2.75) is 13.5 Å². The lowest BCUT2D eigenvalue weighted by molar-refractivity contribution is 0.305. The summed E-state index contributed by atoms with van der Waals surface area (Å²) < 4.78 is 7.95. The number of hydrogen-bond donors (Lipinski definition) is 0. The fourth-order valence-corrected chi connectivity index (χ4v) is 3.22. The molecule has 134 valence electrons. The molecular weight excluding hydrogens is 466 g/mol. The van der Waals surface area contributed by atoms with Crippen molar-refractivity contribution in [3.8, 4) is 11.8 Å². The van der Waals surface area contributed by atoms with Crippen LogP contribution in [0.4, 0.5) is 0 Å². The maximum atomic E-state index is 9.62. The molecule has 2 nitrogen and oxygen atoms in total. The highest BCUT2D eigenvalue weighted by Crippen LogP contribution is 2.29. The topological polar surface area (TPSA) is 33.0 Å². The van der Waals surface area contributed by atoms with Crippen LogP contribution in [-0.4, -0.2) is 0 Å². The number of allylic oxidation sites excluding steroid dienone is 1. The Morgan fingerprint density at radius 1 is 0.963 bits per heavy atom. The molecule has 27 heavy (non-hydrogen) atoms. The molecule has 0 aliphatic heterocycles. The number of aryl methyl sites for hydroxylation is 1. The van der Waals surface area contributed by atoms with E-state index >= 15 is 0 Å². The largest absolute Gasteiger partial charge is 0.488 e. The van der Waals surface area contributed by atoms with Crippen molar-refractivity contribution in [3.05, 3.63) is 97.9 Å². The fourth-order valence-electron chi connectivity index (χ4n) is 2.57. The first-order chi connectivity index (χ1) is 13.0. The molecule has 0 unspecified atom stereocenters. The monoisotopic (exact) mass is 481 g/mol. The van der Waals surface area contributed by atoms with E-state index in [9.17, 15) is 5.26 Å². The van der Waals surface area contributed by atoms with Gasteiger partial charge in [0.05, 0.1) is 11.6 Å². The van der Waals surface area contributed by atoms with Gasteiger partial charge in [0.2, 0.25) is 0 Å². The van der Waals surface area contributed by atoms with Gasteiger partial charge in [0.15, 0.2) is 0 Å². The molecule has 0 aliphatic rings. The molecule has 0 spiro atoms. The Labute approximate surface area is 176 Å². The van der Waals surface area contributed by atoms with Crippen LogP contribution in [0.25, 0.3) is 11.6 Å². The van der Waals surface area contributed by atoms with Crippen LogP contribution in [0.3, 0.4) is 0 Å². The van der Waals surface area contributed by atoms with E-state index < -0.39 is 0 Å². The average Bonchev–Trinajstić information content (AvgIpc) is 2.67. The summed E-state index contributed by atoms with van der Waals surface area (Å²) in [5.41, 5.74) is 4.63. The molecule has 3 rings (SSSR count). The first-order valence-corrected chi connectivity index (χ1v) is 9.99. The Kier molecular flexibility index (Phi) is 6.49. The van der Waals surface area contributed by atoms with Crippen molar-refractivity contribution < 1.29 is 4.74 Å². The molecule has 0 radical (unpaired) electrons. The molecule has 3 aromatic carbocycles. The second kappa shape index (κ2) is 9.03. The summed E-state index contributed by atoms with van der Waals surface area (Å²) in [5, 5.41) is 9.62. The number of halogens is 2. The van der Waals surface area contributed by atoms with Crippen molar-refractivity contribution in [2.75, 3.05) is 0 Å². The molecule has 0 saturated carbocycles. The Morgan fingerprint density at radius 3 is 2.30 bits per heavy atom. The van der Waals surface area contributed by atoms with E-state index in [0.29, 0.717) is 12.2 Å². The normalized spacial score (nSPS) is 11.1. The van der Waals surface area contributed by atoms with Gasteiger partial charge < -0.3 is 4.74 Å². The Hall–Kier alpha value is -2.35. The van der Waals surface area contributed by atoms with Gasteiger partial charge in [-0.05, 0) is 54.5 Å². The summed E-state index contributed by atoms with van der Waals surface area (Å²) >= 11 is 6.93. The van der Waals surface area contributed by atoms with E-state index in [1.807, 2.05) is 48.5 Å². The number of nitriles is 1. The predicted molar refractivity (Wildman–Crippen MR) is 117 cm³/mol. The van der Waals surface area contributed by atoms with E-state index in [-0.39, 0.29) is 0 Å². The summed E-state index contributed by atoms with van der Waals surface area (Å²) in [6, 6.07) is 24.1. The summed E-state index contributed by atoms with van der Waals surface area (Å²) in [7, 11) is 0. The van der Waals surface area contributed by atoms with E-state index in [2.05, 4.69) is 69.1 Å².